The van der Waals surface area contributed by atoms with Crippen molar-refractivity contribution in [1.82, 2.24) is 0 Å². The van der Waals surface area contributed by atoms with Gasteiger partial charge in [0.2, 0.25) is 0 Å². The monoisotopic (exact) mass is 257 g/mol. The third-order valence-corrected chi connectivity index (χ3v) is 2.51. The van der Waals surface area contributed by atoms with Crippen LogP contribution in [-0.2, 0) is 4.79 Å². The average Bonchev–Trinajstić information content (AvgIpc) is 2.92. The zero-order chi connectivity index (χ0) is 13.8. The van der Waals surface area contributed by atoms with E-state index in [4.69, 9.17) is 4.42 Å². The van der Waals surface area contributed by atoms with E-state index in [1.54, 1.807) is 24.3 Å². The molecule has 2 rings (SSSR count). The first-order chi connectivity index (χ1) is 9.09. The molecule has 1 aromatic carbocycles. The fraction of sp³-hybridized carbons (Fsp3) is 0.0714. The van der Waals surface area contributed by atoms with Crippen molar-refractivity contribution in [3.63, 3.8) is 0 Å². The second-order valence-corrected chi connectivity index (χ2v) is 3.86. The van der Waals surface area contributed by atoms with Crippen molar-refractivity contribution >= 4 is 23.2 Å². The van der Waals surface area contributed by atoms with Gasteiger partial charge < -0.3 is 9.73 Å². The largest absolute Gasteiger partial charge is 0.461 e. The van der Waals surface area contributed by atoms with Gasteiger partial charge in [-0.3, -0.25) is 14.4 Å². The highest BCUT2D eigenvalue weighted by Crippen LogP contribution is 2.16. The Kier molecular flexibility index (Phi) is 3.56. The topological polar surface area (TPSA) is 76.4 Å². The Hall–Kier alpha value is -2.69. The predicted octanol–water partition coefficient (Wildman–Crippen LogP) is 2.30. The van der Waals surface area contributed by atoms with Crippen LogP contribution >= 0.6 is 0 Å². The third-order valence-electron chi connectivity index (χ3n) is 2.51. The summed E-state index contributed by atoms with van der Waals surface area (Å²) in [7, 11) is 0. The molecule has 0 radical (unpaired) electrons. The number of anilines is 1. The lowest BCUT2D eigenvalue weighted by atomic mass is 10.1. The summed E-state index contributed by atoms with van der Waals surface area (Å²) < 4.78 is 4.85. The minimum atomic E-state index is -0.844. The summed E-state index contributed by atoms with van der Waals surface area (Å²) in [6, 6.07) is 9.41. The van der Waals surface area contributed by atoms with Crippen LogP contribution in [-0.4, -0.2) is 17.5 Å². The molecular formula is C14H11NO4. The number of hydrogen-bond donors (Lipinski definition) is 1. The maximum Gasteiger partial charge on any atom is 0.300 e. The molecule has 2 aromatic rings. The standard InChI is InChI=1S/C14H11NO4/c1-9(16)10-5-2-3-6-11(10)15-14(18)13(17)12-7-4-8-19-12/h2-8H,1H3,(H,15,18). The van der Waals surface area contributed by atoms with Crippen LogP contribution in [0.25, 0.3) is 0 Å². The van der Waals surface area contributed by atoms with Crippen molar-refractivity contribution in [3.05, 3.63) is 54.0 Å². The van der Waals surface area contributed by atoms with E-state index < -0.39 is 11.7 Å². The highest BCUT2D eigenvalue weighted by Gasteiger charge is 2.20. The minimum absolute atomic E-state index is 0.0437. The molecule has 19 heavy (non-hydrogen) atoms. The molecule has 0 bridgehead atoms. The Morgan fingerprint density at radius 3 is 2.42 bits per heavy atom. The van der Waals surface area contributed by atoms with Gasteiger partial charge in [-0.05, 0) is 31.2 Å². The van der Waals surface area contributed by atoms with E-state index >= 15 is 0 Å². The number of carbonyl (C=O) groups excluding carboxylic acids is 3. The van der Waals surface area contributed by atoms with Gasteiger partial charge in [-0.1, -0.05) is 12.1 Å². The van der Waals surface area contributed by atoms with Gasteiger partial charge >= 0.3 is 0 Å². The molecular weight excluding hydrogens is 246 g/mol. The summed E-state index contributed by atoms with van der Waals surface area (Å²) in [5.41, 5.74) is 0.656. The van der Waals surface area contributed by atoms with Gasteiger partial charge in [0.25, 0.3) is 11.7 Å². The minimum Gasteiger partial charge on any atom is -0.461 e. The average molecular weight is 257 g/mol. The molecule has 0 spiro atoms. The molecule has 5 heteroatoms. The maximum absolute atomic E-state index is 11.8. The van der Waals surface area contributed by atoms with Gasteiger partial charge in [0.05, 0.1) is 12.0 Å². The SMILES string of the molecule is CC(=O)c1ccccc1NC(=O)C(=O)c1ccco1. The Morgan fingerprint density at radius 1 is 1.05 bits per heavy atom. The summed E-state index contributed by atoms with van der Waals surface area (Å²) in [5.74, 6) is -1.87. The Morgan fingerprint density at radius 2 is 1.79 bits per heavy atom. The van der Waals surface area contributed by atoms with Crippen molar-refractivity contribution in [2.24, 2.45) is 0 Å². The molecule has 0 saturated heterocycles. The van der Waals surface area contributed by atoms with E-state index in [1.165, 1.54) is 25.3 Å². The van der Waals surface area contributed by atoms with Gasteiger partial charge in [0, 0.05) is 5.56 Å². The van der Waals surface area contributed by atoms with Crippen LogP contribution in [0.1, 0.15) is 27.8 Å². The number of benzene rings is 1. The summed E-state index contributed by atoms with van der Waals surface area (Å²) in [6.45, 7) is 1.39. The van der Waals surface area contributed by atoms with Crippen LogP contribution in [0, 0.1) is 0 Å². The zero-order valence-corrected chi connectivity index (χ0v) is 10.2. The Balaban J connectivity index is 2.20. The first kappa shape index (κ1) is 12.8. The van der Waals surface area contributed by atoms with Crippen LogP contribution in [0.5, 0.6) is 0 Å². The quantitative estimate of drug-likeness (QED) is 0.673. The molecule has 0 aliphatic rings. The molecule has 96 valence electrons. The van der Waals surface area contributed by atoms with E-state index in [2.05, 4.69) is 5.32 Å². The summed E-state index contributed by atoms with van der Waals surface area (Å²) in [6.07, 6.45) is 1.31. The number of nitrogens with one attached hydrogen (secondary N) is 1. The van der Waals surface area contributed by atoms with E-state index in [-0.39, 0.29) is 11.5 Å². The van der Waals surface area contributed by atoms with Crippen molar-refractivity contribution in [3.8, 4) is 0 Å². The van der Waals surface area contributed by atoms with Crippen molar-refractivity contribution < 1.29 is 18.8 Å². The third kappa shape index (κ3) is 2.77. The number of amides is 1. The number of hydrogen-bond acceptors (Lipinski definition) is 4. The zero-order valence-electron chi connectivity index (χ0n) is 10.2. The second-order valence-electron chi connectivity index (χ2n) is 3.86. The first-order valence-electron chi connectivity index (χ1n) is 5.58. The number of para-hydroxylation sites is 1. The molecule has 1 aromatic heterocycles. The highest BCUT2D eigenvalue weighted by atomic mass is 16.3. The maximum atomic E-state index is 11.8. The number of Topliss-reactive ketones (excluding diaryl/α,β-unsaturated/α-hetero) is 2. The van der Waals surface area contributed by atoms with Crippen LogP contribution in [0.15, 0.2) is 47.1 Å². The van der Waals surface area contributed by atoms with Gasteiger partial charge in [-0.2, -0.15) is 0 Å². The van der Waals surface area contributed by atoms with Crippen LogP contribution in [0.2, 0.25) is 0 Å². The van der Waals surface area contributed by atoms with Crippen LogP contribution in [0.4, 0.5) is 5.69 Å². The van der Waals surface area contributed by atoms with E-state index in [9.17, 15) is 14.4 Å². The lowest BCUT2D eigenvalue weighted by molar-refractivity contribution is -0.112. The van der Waals surface area contributed by atoms with Crippen LogP contribution in [0.3, 0.4) is 0 Å². The molecule has 0 saturated carbocycles. The van der Waals surface area contributed by atoms with Gasteiger partial charge in [0.15, 0.2) is 11.5 Å². The highest BCUT2D eigenvalue weighted by molar-refractivity contribution is 6.46. The molecule has 0 unspecified atom stereocenters. The fourth-order valence-electron chi connectivity index (χ4n) is 1.60. The Labute approximate surface area is 109 Å². The summed E-state index contributed by atoms with van der Waals surface area (Å²) >= 11 is 0. The number of ketones is 2. The van der Waals surface area contributed by atoms with E-state index in [0.29, 0.717) is 11.3 Å². The fourth-order valence-corrected chi connectivity index (χ4v) is 1.60. The lowest BCUT2D eigenvalue weighted by Crippen LogP contribution is -2.23. The van der Waals surface area contributed by atoms with Crippen molar-refractivity contribution in [2.45, 2.75) is 6.92 Å². The van der Waals surface area contributed by atoms with Crippen molar-refractivity contribution in [1.29, 1.82) is 0 Å². The molecule has 1 N–H and O–H groups in total. The molecule has 5 nitrogen and oxygen atoms in total. The molecule has 0 aliphatic carbocycles. The van der Waals surface area contributed by atoms with E-state index in [0.717, 1.165) is 0 Å². The molecule has 0 atom stereocenters. The molecule has 1 heterocycles. The number of carbonyl (C=O) groups is 3. The number of rotatable bonds is 4. The summed E-state index contributed by atoms with van der Waals surface area (Å²) in [5, 5.41) is 2.41. The first-order valence-corrected chi connectivity index (χ1v) is 5.58. The van der Waals surface area contributed by atoms with Gasteiger partial charge in [0.1, 0.15) is 0 Å². The second kappa shape index (κ2) is 5.30. The molecule has 0 fully saturated rings. The summed E-state index contributed by atoms with van der Waals surface area (Å²) in [4.78, 5) is 34.8. The number of furan rings is 1. The van der Waals surface area contributed by atoms with Gasteiger partial charge in [-0.15, -0.1) is 0 Å². The normalized spacial score (nSPS) is 9.95. The molecule has 1 amide bonds. The van der Waals surface area contributed by atoms with Crippen molar-refractivity contribution in [2.75, 3.05) is 5.32 Å². The predicted molar refractivity (Wildman–Crippen MR) is 68.1 cm³/mol. The lowest BCUT2D eigenvalue weighted by Gasteiger charge is -2.07. The van der Waals surface area contributed by atoms with Crippen LogP contribution < -0.4 is 5.32 Å². The Bertz CT molecular complexity index is 629. The smallest absolute Gasteiger partial charge is 0.300 e. The van der Waals surface area contributed by atoms with E-state index in [1.807, 2.05) is 0 Å². The van der Waals surface area contributed by atoms with Gasteiger partial charge in [-0.25, -0.2) is 0 Å². The molecule has 0 aliphatic heterocycles.